The van der Waals surface area contributed by atoms with Crippen LogP contribution >= 0.6 is 0 Å². The van der Waals surface area contributed by atoms with Crippen LogP contribution in [0.4, 0.5) is 30.2 Å². The molecule has 8 nitrogen and oxygen atoms in total. The Morgan fingerprint density at radius 1 is 0.774 bits per heavy atom. The number of nitro benzene ring substituents is 1. The van der Waals surface area contributed by atoms with Gasteiger partial charge in [-0.3, -0.25) is 19.7 Å². The fourth-order valence-electron chi connectivity index (χ4n) is 3.36. The highest BCUT2D eigenvalue weighted by Gasteiger charge is 2.41. The molecule has 156 valence electrons. The molecule has 1 aliphatic rings. The summed E-state index contributed by atoms with van der Waals surface area (Å²) in [4.78, 5) is 35.7. The second kappa shape index (κ2) is 6.83. The van der Waals surface area contributed by atoms with Crippen molar-refractivity contribution in [1.82, 2.24) is 0 Å². The van der Waals surface area contributed by atoms with Gasteiger partial charge in [-0.05, 0) is 18.2 Å². The normalized spacial score (nSPS) is 12.4. The lowest BCUT2D eigenvalue weighted by Crippen LogP contribution is -2.26. The minimum absolute atomic E-state index is 0.403. The van der Waals surface area contributed by atoms with Crippen molar-refractivity contribution in [2.45, 2.75) is 0 Å². The zero-order valence-corrected chi connectivity index (χ0v) is 15.1. The molecular weight excluding hydrogens is 421 g/mol. The fourth-order valence-corrected chi connectivity index (χ4v) is 3.36. The lowest BCUT2D eigenvalue weighted by molar-refractivity contribution is -0.383. The summed E-state index contributed by atoms with van der Waals surface area (Å²) in [5.74, 6) is -9.86. The number of fused-ring (bicyclic) bond motifs is 2. The first-order valence-electron chi connectivity index (χ1n) is 8.50. The van der Waals surface area contributed by atoms with Crippen LogP contribution in [-0.4, -0.2) is 26.7 Å². The van der Waals surface area contributed by atoms with Gasteiger partial charge in [0.05, 0.1) is 27.2 Å². The van der Waals surface area contributed by atoms with E-state index >= 15 is 4.39 Å². The number of aromatic hydroxyl groups is 2. The predicted octanol–water partition coefficient (Wildman–Crippen LogP) is 3.94. The number of benzene rings is 3. The van der Waals surface area contributed by atoms with Crippen LogP contribution in [0.2, 0.25) is 0 Å². The number of rotatable bonds is 3. The predicted molar refractivity (Wildman–Crippen MR) is 99.3 cm³/mol. The van der Waals surface area contributed by atoms with Gasteiger partial charge in [0.1, 0.15) is 22.9 Å². The molecule has 0 aliphatic heterocycles. The number of phenols is 2. The number of carbonyl (C=O) groups excluding carboxylic acids is 2. The summed E-state index contributed by atoms with van der Waals surface area (Å²) in [5.41, 5.74) is -6.25. The summed E-state index contributed by atoms with van der Waals surface area (Å²) in [5, 5.41) is 33.0. The number of carbonyl (C=O) groups is 2. The number of hydrogen-bond donors (Lipinski definition) is 3. The molecular formula is C20H9F3N2O6. The van der Waals surface area contributed by atoms with Gasteiger partial charge < -0.3 is 15.5 Å². The summed E-state index contributed by atoms with van der Waals surface area (Å²) in [6.07, 6.45) is 0. The van der Waals surface area contributed by atoms with E-state index in [2.05, 4.69) is 5.32 Å². The number of phenolic OH excluding ortho intramolecular Hbond substituents is 2. The van der Waals surface area contributed by atoms with E-state index in [0.717, 1.165) is 24.3 Å². The van der Waals surface area contributed by atoms with Crippen molar-refractivity contribution in [3.63, 3.8) is 0 Å². The maximum atomic E-state index is 15.2. The molecule has 0 aromatic heterocycles. The van der Waals surface area contributed by atoms with Gasteiger partial charge in [0, 0.05) is 6.07 Å². The molecule has 0 saturated heterocycles. The molecule has 0 saturated carbocycles. The molecule has 3 aromatic carbocycles. The third-order valence-corrected chi connectivity index (χ3v) is 4.75. The van der Waals surface area contributed by atoms with Crippen LogP contribution in [0.3, 0.4) is 0 Å². The highest BCUT2D eigenvalue weighted by molar-refractivity contribution is 6.30. The second-order valence-corrected chi connectivity index (χ2v) is 6.48. The van der Waals surface area contributed by atoms with E-state index in [1.165, 1.54) is 12.1 Å². The molecule has 11 heteroatoms. The minimum atomic E-state index is -1.90. The van der Waals surface area contributed by atoms with E-state index in [9.17, 15) is 38.7 Å². The Bertz CT molecular complexity index is 1340. The zero-order chi connectivity index (χ0) is 22.6. The van der Waals surface area contributed by atoms with Crippen molar-refractivity contribution in [1.29, 1.82) is 0 Å². The molecule has 4 rings (SSSR count). The number of nitro groups is 1. The van der Waals surface area contributed by atoms with Crippen molar-refractivity contribution in [3.8, 4) is 11.5 Å². The van der Waals surface area contributed by atoms with Crippen molar-refractivity contribution >= 4 is 28.6 Å². The molecule has 31 heavy (non-hydrogen) atoms. The van der Waals surface area contributed by atoms with E-state index in [1.807, 2.05) is 0 Å². The number of nitrogens with one attached hydrogen (secondary N) is 1. The van der Waals surface area contributed by atoms with E-state index in [0.29, 0.717) is 0 Å². The Labute approximate surface area is 170 Å². The quantitative estimate of drug-likeness (QED) is 0.194. The first-order valence-corrected chi connectivity index (χ1v) is 8.50. The van der Waals surface area contributed by atoms with Gasteiger partial charge in [0.25, 0.3) is 5.69 Å². The Morgan fingerprint density at radius 3 is 1.84 bits per heavy atom. The van der Waals surface area contributed by atoms with Crippen LogP contribution in [0.25, 0.3) is 0 Å². The third-order valence-electron chi connectivity index (χ3n) is 4.75. The lowest BCUT2D eigenvalue weighted by Gasteiger charge is -2.22. The van der Waals surface area contributed by atoms with Crippen molar-refractivity contribution in [3.05, 3.63) is 86.2 Å². The van der Waals surface area contributed by atoms with Gasteiger partial charge in [-0.2, -0.15) is 0 Å². The highest BCUT2D eigenvalue weighted by Crippen LogP contribution is 2.42. The monoisotopic (exact) mass is 430 g/mol. The Balaban J connectivity index is 1.98. The van der Waals surface area contributed by atoms with E-state index in [-0.39, 0.29) is 0 Å². The largest absolute Gasteiger partial charge is 0.507 e. The summed E-state index contributed by atoms with van der Waals surface area (Å²) in [7, 11) is 0. The van der Waals surface area contributed by atoms with Crippen LogP contribution in [0.1, 0.15) is 31.8 Å². The van der Waals surface area contributed by atoms with Crippen LogP contribution in [0, 0.1) is 27.6 Å². The number of ketones is 2. The summed E-state index contributed by atoms with van der Waals surface area (Å²) < 4.78 is 44.7. The Kier molecular flexibility index (Phi) is 4.38. The molecule has 0 bridgehead atoms. The standard InChI is InChI=1S/C20H9F3N2O6/c21-15-13-14(20(29)12-10(27)6-5-9(26)11(12)19(13)28)16(22)18(17(15)23)24-7-3-1-2-4-8(7)25(30)31/h1-6,24,26-27H. The zero-order valence-electron chi connectivity index (χ0n) is 15.1. The molecule has 3 N–H and O–H groups in total. The van der Waals surface area contributed by atoms with Gasteiger partial charge in [-0.15, -0.1) is 0 Å². The summed E-state index contributed by atoms with van der Waals surface area (Å²) in [6.45, 7) is 0. The van der Waals surface area contributed by atoms with Gasteiger partial charge in [0.2, 0.25) is 11.6 Å². The number of hydrogen-bond acceptors (Lipinski definition) is 7. The van der Waals surface area contributed by atoms with Crippen molar-refractivity contribution in [2.75, 3.05) is 5.32 Å². The van der Waals surface area contributed by atoms with E-state index in [1.54, 1.807) is 0 Å². The van der Waals surface area contributed by atoms with Gasteiger partial charge >= 0.3 is 0 Å². The molecule has 0 spiro atoms. The fraction of sp³-hybridized carbons (Fsp3) is 0. The molecule has 3 aromatic rings. The maximum absolute atomic E-state index is 15.2. The number of nitrogens with zero attached hydrogens (tertiary/aromatic N) is 1. The average molecular weight is 430 g/mol. The molecule has 0 radical (unpaired) electrons. The lowest BCUT2D eigenvalue weighted by atomic mass is 9.82. The first-order chi connectivity index (χ1) is 14.6. The van der Waals surface area contributed by atoms with Crippen LogP contribution < -0.4 is 5.32 Å². The van der Waals surface area contributed by atoms with Gasteiger partial charge in [-0.25, -0.2) is 13.2 Å². The molecule has 0 atom stereocenters. The van der Waals surface area contributed by atoms with E-state index in [4.69, 9.17) is 0 Å². The van der Waals surface area contributed by atoms with Crippen LogP contribution in [0.15, 0.2) is 36.4 Å². The SMILES string of the molecule is O=C1c2c(O)ccc(O)c2C(=O)c2c(F)c(Nc3ccccc3[N+](=O)[O-])c(F)c(F)c21. The number of halogens is 3. The van der Waals surface area contributed by atoms with Gasteiger partial charge in [-0.1, -0.05) is 12.1 Å². The second-order valence-electron chi connectivity index (χ2n) is 6.48. The minimum Gasteiger partial charge on any atom is -0.507 e. The van der Waals surface area contributed by atoms with Crippen LogP contribution in [-0.2, 0) is 0 Å². The Morgan fingerprint density at radius 2 is 1.29 bits per heavy atom. The van der Waals surface area contributed by atoms with E-state index < -0.39 is 84.8 Å². The highest BCUT2D eigenvalue weighted by atomic mass is 19.2. The molecule has 0 amide bonds. The third kappa shape index (κ3) is 2.78. The topological polar surface area (TPSA) is 130 Å². The average Bonchev–Trinajstić information content (AvgIpc) is 2.73. The smallest absolute Gasteiger partial charge is 0.292 e. The maximum Gasteiger partial charge on any atom is 0.292 e. The van der Waals surface area contributed by atoms with Crippen molar-refractivity contribution in [2.24, 2.45) is 0 Å². The number of anilines is 2. The summed E-state index contributed by atoms with van der Waals surface area (Å²) in [6, 6.07) is 6.46. The molecule has 1 aliphatic carbocycles. The number of para-hydroxylation sites is 2. The first kappa shape index (κ1) is 19.9. The summed E-state index contributed by atoms with van der Waals surface area (Å²) >= 11 is 0. The van der Waals surface area contributed by atoms with Crippen LogP contribution in [0.5, 0.6) is 11.5 Å². The van der Waals surface area contributed by atoms with Gasteiger partial charge in [0.15, 0.2) is 17.5 Å². The molecule has 0 fully saturated rings. The Hall–Kier alpha value is -4.41. The molecule has 0 heterocycles. The van der Waals surface area contributed by atoms with Crippen molar-refractivity contribution < 1.29 is 37.9 Å². The molecule has 0 unspecified atom stereocenters.